The summed E-state index contributed by atoms with van der Waals surface area (Å²) < 4.78 is 0. The van der Waals surface area contributed by atoms with Gasteiger partial charge in [0, 0.05) is 11.6 Å². The molecule has 0 saturated heterocycles. The van der Waals surface area contributed by atoms with Gasteiger partial charge in [0.15, 0.2) is 5.17 Å². The molecule has 0 saturated carbocycles. The van der Waals surface area contributed by atoms with Crippen molar-refractivity contribution in [2.75, 3.05) is 0 Å². The van der Waals surface area contributed by atoms with Crippen LogP contribution in [0.5, 0.6) is 0 Å². The Morgan fingerprint density at radius 1 is 1.54 bits per heavy atom. The zero-order valence-corrected chi connectivity index (χ0v) is 9.22. The second-order valence-electron chi connectivity index (χ2n) is 2.33. The normalized spacial score (nSPS) is 8.77. The van der Waals surface area contributed by atoms with Crippen LogP contribution in [0, 0.1) is 5.41 Å². The fourth-order valence-electron chi connectivity index (χ4n) is 0.833. The summed E-state index contributed by atoms with van der Waals surface area (Å²) in [4.78, 5) is 0. The van der Waals surface area contributed by atoms with Crippen molar-refractivity contribution in [1.82, 2.24) is 5.32 Å². The first kappa shape index (κ1) is 12.6. The van der Waals surface area contributed by atoms with Gasteiger partial charge in [0.1, 0.15) is 0 Å². The summed E-state index contributed by atoms with van der Waals surface area (Å²) in [6.45, 7) is 0.586. The summed E-state index contributed by atoms with van der Waals surface area (Å²) in [5, 5.41) is 10.7. The molecule has 0 aromatic heterocycles. The molecule has 2 N–H and O–H groups in total. The molecule has 5 heteroatoms. The molecule has 0 aliphatic carbocycles. The Morgan fingerprint density at radius 3 is 2.77 bits per heavy atom. The van der Waals surface area contributed by atoms with Gasteiger partial charge in [0.2, 0.25) is 0 Å². The number of rotatable bonds is 2. The van der Waals surface area contributed by atoms with E-state index in [4.69, 9.17) is 17.0 Å². The van der Waals surface area contributed by atoms with E-state index >= 15 is 0 Å². The molecule has 0 fully saturated rings. The smallest absolute Gasteiger partial charge is 0.150 e. The molecular formula is C8H10Cl2N2S. The Labute approximate surface area is 94.0 Å². The Hall–Kier alpha value is -0.380. The van der Waals surface area contributed by atoms with Gasteiger partial charge in [0.25, 0.3) is 0 Å². The molecular weight excluding hydrogens is 227 g/mol. The first-order chi connectivity index (χ1) is 5.68. The van der Waals surface area contributed by atoms with Crippen LogP contribution < -0.4 is 5.32 Å². The molecule has 0 aliphatic rings. The monoisotopic (exact) mass is 236 g/mol. The highest BCUT2D eigenvalue weighted by Crippen LogP contribution is 2.10. The van der Waals surface area contributed by atoms with Gasteiger partial charge in [-0.2, -0.15) is 0 Å². The fraction of sp³-hybridized carbons (Fsp3) is 0.125. The minimum absolute atomic E-state index is 0. The van der Waals surface area contributed by atoms with Crippen LogP contribution in [-0.4, -0.2) is 5.17 Å². The molecule has 0 bridgehead atoms. The summed E-state index contributed by atoms with van der Waals surface area (Å²) in [5.41, 5.74) is 1.04. The third-order valence-corrected chi connectivity index (χ3v) is 1.74. The standard InChI is InChI=1S/C8H9ClN2S.ClH/c9-7-3-1-2-6(4-7)5-11-8(10)12;/h1-4H,5H2,(H3,10,11,12);1H. The highest BCUT2D eigenvalue weighted by molar-refractivity contribution is 7.96. The highest BCUT2D eigenvalue weighted by atomic mass is 35.5. The summed E-state index contributed by atoms with van der Waals surface area (Å²) in [6, 6.07) is 7.49. The molecule has 72 valence electrons. The van der Waals surface area contributed by atoms with E-state index < -0.39 is 0 Å². The Morgan fingerprint density at radius 2 is 2.23 bits per heavy atom. The molecule has 0 heterocycles. The number of amidine groups is 1. The predicted molar refractivity (Wildman–Crippen MR) is 62.3 cm³/mol. The third-order valence-electron chi connectivity index (χ3n) is 1.35. The lowest BCUT2D eigenvalue weighted by atomic mass is 10.2. The van der Waals surface area contributed by atoms with Crippen LogP contribution in [0.3, 0.4) is 0 Å². The summed E-state index contributed by atoms with van der Waals surface area (Å²) in [6.07, 6.45) is 0. The Bertz CT molecular complexity index is 291. The van der Waals surface area contributed by atoms with E-state index in [-0.39, 0.29) is 17.6 Å². The van der Waals surface area contributed by atoms with E-state index in [9.17, 15) is 0 Å². The van der Waals surface area contributed by atoms with Crippen LogP contribution >= 0.6 is 36.6 Å². The lowest BCUT2D eigenvalue weighted by Crippen LogP contribution is -2.16. The highest BCUT2D eigenvalue weighted by Gasteiger charge is 1.93. The van der Waals surface area contributed by atoms with Gasteiger partial charge in [-0.05, 0) is 17.7 Å². The SMILES string of the molecule is Cl.N=C(S)NCc1cccc(Cl)c1. The largest absolute Gasteiger partial charge is 0.361 e. The van der Waals surface area contributed by atoms with E-state index in [2.05, 4.69) is 17.9 Å². The van der Waals surface area contributed by atoms with Gasteiger partial charge in [-0.15, -0.1) is 25.0 Å². The van der Waals surface area contributed by atoms with Gasteiger partial charge in [-0.25, -0.2) is 0 Å². The van der Waals surface area contributed by atoms with Crippen molar-refractivity contribution in [3.63, 3.8) is 0 Å². The zero-order valence-electron chi connectivity index (χ0n) is 6.75. The van der Waals surface area contributed by atoms with Gasteiger partial charge in [-0.3, -0.25) is 5.41 Å². The Kier molecular flexibility index (Phi) is 5.95. The molecule has 2 nitrogen and oxygen atoms in total. The van der Waals surface area contributed by atoms with Crippen LogP contribution in [-0.2, 0) is 6.54 Å². The summed E-state index contributed by atoms with van der Waals surface area (Å²) in [5.74, 6) is 0. The van der Waals surface area contributed by atoms with E-state index in [1.807, 2.05) is 24.3 Å². The molecule has 0 spiro atoms. The molecule has 1 rings (SSSR count). The van der Waals surface area contributed by atoms with Crippen molar-refractivity contribution in [1.29, 1.82) is 5.41 Å². The number of thiol groups is 1. The van der Waals surface area contributed by atoms with Crippen LogP contribution in [0.4, 0.5) is 0 Å². The number of benzene rings is 1. The molecule has 13 heavy (non-hydrogen) atoms. The average Bonchev–Trinajstić information content (AvgIpc) is 2.01. The van der Waals surface area contributed by atoms with Crippen molar-refractivity contribution in [2.24, 2.45) is 0 Å². The van der Waals surface area contributed by atoms with E-state index in [0.717, 1.165) is 5.56 Å². The lowest BCUT2D eigenvalue weighted by Gasteiger charge is -2.02. The van der Waals surface area contributed by atoms with E-state index in [0.29, 0.717) is 11.6 Å². The van der Waals surface area contributed by atoms with Crippen molar-refractivity contribution < 1.29 is 0 Å². The maximum absolute atomic E-state index is 7.02. The topological polar surface area (TPSA) is 35.9 Å². The van der Waals surface area contributed by atoms with Crippen molar-refractivity contribution in [3.05, 3.63) is 34.9 Å². The molecule has 0 aliphatic heterocycles. The molecule has 0 radical (unpaired) electrons. The van der Waals surface area contributed by atoms with E-state index in [1.54, 1.807) is 0 Å². The van der Waals surface area contributed by atoms with Crippen molar-refractivity contribution in [3.8, 4) is 0 Å². The molecule has 0 atom stereocenters. The van der Waals surface area contributed by atoms with Crippen LogP contribution in [0.25, 0.3) is 0 Å². The van der Waals surface area contributed by atoms with Gasteiger partial charge in [-0.1, -0.05) is 23.7 Å². The van der Waals surface area contributed by atoms with Gasteiger partial charge in [0.05, 0.1) is 0 Å². The number of hydrogen-bond acceptors (Lipinski definition) is 1. The quantitative estimate of drug-likeness (QED) is 0.413. The number of nitrogens with one attached hydrogen (secondary N) is 2. The first-order valence-electron chi connectivity index (χ1n) is 3.44. The maximum atomic E-state index is 7.02. The second kappa shape index (κ2) is 6.13. The van der Waals surface area contributed by atoms with Crippen molar-refractivity contribution >= 4 is 41.8 Å². The number of hydrogen-bond donors (Lipinski definition) is 3. The van der Waals surface area contributed by atoms with E-state index in [1.165, 1.54) is 0 Å². The molecule has 1 aromatic rings. The first-order valence-corrected chi connectivity index (χ1v) is 4.27. The van der Waals surface area contributed by atoms with Crippen LogP contribution in [0.2, 0.25) is 5.02 Å². The van der Waals surface area contributed by atoms with Crippen LogP contribution in [0.1, 0.15) is 5.56 Å². The molecule has 0 unspecified atom stereocenters. The number of halogens is 2. The minimum Gasteiger partial charge on any atom is -0.361 e. The summed E-state index contributed by atoms with van der Waals surface area (Å²) >= 11 is 9.55. The third kappa shape index (κ3) is 5.03. The zero-order chi connectivity index (χ0) is 8.97. The predicted octanol–water partition coefficient (Wildman–Crippen LogP) is 2.72. The Balaban J connectivity index is 0.00000144. The average molecular weight is 237 g/mol. The fourth-order valence-corrected chi connectivity index (χ4v) is 1.12. The second-order valence-corrected chi connectivity index (χ2v) is 3.22. The van der Waals surface area contributed by atoms with Crippen molar-refractivity contribution in [2.45, 2.75) is 6.54 Å². The van der Waals surface area contributed by atoms with Crippen LogP contribution in [0.15, 0.2) is 24.3 Å². The molecule has 0 amide bonds. The van der Waals surface area contributed by atoms with Gasteiger partial charge >= 0.3 is 0 Å². The van der Waals surface area contributed by atoms with Gasteiger partial charge < -0.3 is 5.32 Å². The minimum atomic E-state index is 0. The maximum Gasteiger partial charge on any atom is 0.150 e. The lowest BCUT2D eigenvalue weighted by molar-refractivity contribution is 0.923. The molecule has 1 aromatic carbocycles. The summed E-state index contributed by atoms with van der Waals surface area (Å²) in [7, 11) is 0.